The first-order valence-corrected chi connectivity index (χ1v) is 8.19. The second-order valence-electron chi connectivity index (χ2n) is 11.0. The Balaban J connectivity index is 2.21. The van der Waals surface area contributed by atoms with Crippen LogP contribution in [0.3, 0.4) is 0 Å². The molecule has 0 heterocycles. The van der Waals surface area contributed by atoms with Gasteiger partial charge in [0.15, 0.2) is 0 Å². The van der Waals surface area contributed by atoms with E-state index in [0.29, 0.717) is 37.9 Å². The lowest BCUT2D eigenvalue weighted by molar-refractivity contribution is 0.254. The maximum absolute atomic E-state index is 2.50. The maximum atomic E-state index is 2.50. The molecule has 0 aromatic carbocycles. The summed E-state index contributed by atoms with van der Waals surface area (Å²) < 4.78 is 0. The van der Waals surface area contributed by atoms with Crippen molar-refractivity contribution in [2.75, 3.05) is 0 Å². The quantitative estimate of drug-likeness (QED) is 0.563. The Hall–Kier alpha value is 0. The van der Waals surface area contributed by atoms with Gasteiger partial charge in [-0.05, 0) is 43.8 Å². The van der Waals surface area contributed by atoms with E-state index in [4.69, 9.17) is 0 Å². The van der Waals surface area contributed by atoms with Gasteiger partial charge in [0.25, 0.3) is 0 Å². The Morgan fingerprint density at radius 2 is 0.737 bits per heavy atom. The van der Waals surface area contributed by atoms with Gasteiger partial charge in [-0.1, -0.05) is 76.2 Å². The molecule has 4 aliphatic carbocycles. The van der Waals surface area contributed by atoms with Crippen molar-refractivity contribution in [3.05, 3.63) is 0 Å². The maximum Gasteiger partial charge on any atom is -0.00316 e. The molecule has 0 saturated heterocycles. The van der Waals surface area contributed by atoms with Crippen molar-refractivity contribution >= 4 is 0 Å². The van der Waals surface area contributed by atoms with Crippen molar-refractivity contribution in [1.82, 2.24) is 0 Å². The predicted molar refractivity (Wildman–Crippen MR) is 82.9 cm³/mol. The summed E-state index contributed by atoms with van der Waals surface area (Å²) in [6.07, 6.45) is 0. The van der Waals surface area contributed by atoms with Crippen LogP contribution in [-0.4, -0.2) is 0 Å². The minimum absolute atomic E-state index is 0.442. The van der Waals surface area contributed by atoms with Gasteiger partial charge in [0.1, 0.15) is 0 Å². The van der Waals surface area contributed by atoms with Crippen molar-refractivity contribution in [3.8, 4) is 0 Å². The third-order valence-corrected chi connectivity index (χ3v) is 7.45. The summed E-state index contributed by atoms with van der Waals surface area (Å²) in [6, 6.07) is 0. The van der Waals surface area contributed by atoms with E-state index in [0.717, 1.165) is 5.92 Å². The molecule has 19 heavy (non-hydrogen) atoms. The molecule has 0 heteroatoms. The molecule has 4 aliphatic rings. The monoisotopic (exact) mass is 262 g/mol. The summed E-state index contributed by atoms with van der Waals surface area (Å²) in [5, 5.41) is 0. The average Bonchev–Trinajstić information content (AvgIpc) is 2.95. The fraction of sp³-hybridized carbons (Fsp3) is 1.00. The molecule has 0 atom stereocenters. The highest BCUT2D eigenvalue weighted by atomic mass is 15.4. The zero-order chi connectivity index (χ0) is 15.1. The zero-order valence-electron chi connectivity index (χ0n) is 15.1. The van der Waals surface area contributed by atoms with Crippen molar-refractivity contribution < 1.29 is 0 Å². The van der Waals surface area contributed by atoms with Crippen molar-refractivity contribution in [2.24, 2.45) is 43.8 Å². The third kappa shape index (κ3) is 0.738. The molecule has 0 bridgehead atoms. The van der Waals surface area contributed by atoms with Crippen molar-refractivity contribution in [3.63, 3.8) is 0 Å². The van der Waals surface area contributed by atoms with Crippen LogP contribution >= 0.6 is 0 Å². The van der Waals surface area contributed by atoms with Gasteiger partial charge in [-0.25, -0.2) is 0 Å². The third-order valence-electron chi connectivity index (χ3n) is 7.45. The van der Waals surface area contributed by atoms with Gasteiger partial charge in [-0.2, -0.15) is 0 Å². The molecule has 4 fully saturated rings. The van der Waals surface area contributed by atoms with E-state index in [-0.39, 0.29) is 0 Å². The Morgan fingerprint density at radius 1 is 0.526 bits per heavy atom. The van der Waals surface area contributed by atoms with Gasteiger partial charge in [0, 0.05) is 0 Å². The Morgan fingerprint density at radius 3 is 0.789 bits per heavy atom. The van der Waals surface area contributed by atoms with E-state index in [9.17, 15) is 0 Å². The van der Waals surface area contributed by atoms with Crippen LogP contribution in [0.5, 0.6) is 0 Å². The molecule has 0 aromatic rings. The summed E-state index contributed by atoms with van der Waals surface area (Å²) in [5.74, 6) is 0.824. The zero-order valence-corrected chi connectivity index (χ0v) is 15.1. The summed E-state index contributed by atoms with van der Waals surface area (Å²) >= 11 is 0. The fourth-order valence-electron chi connectivity index (χ4n) is 8.58. The molecular weight excluding hydrogens is 228 g/mol. The molecule has 0 radical (unpaired) electrons. The average molecular weight is 262 g/mol. The Bertz CT molecular complexity index is 385. The predicted octanol–water partition coefficient (Wildman–Crippen LogP) is 5.77. The lowest BCUT2D eigenvalue weighted by atomic mass is 9.81. The van der Waals surface area contributed by atoms with E-state index in [2.05, 4.69) is 76.2 Å². The van der Waals surface area contributed by atoms with Crippen LogP contribution in [0.15, 0.2) is 0 Å². The van der Waals surface area contributed by atoms with Crippen molar-refractivity contribution in [2.45, 2.75) is 76.2 Å². The summed E-state index contributed by atoms with van der Waals surface area (Å²) in [6.45, 7) is 27.4. The Labute approximate surface area is 120 Å². The lowest BCUT2D eigenvalue weighted by Gasteiger charge is -2.23. The van der Waals surface area contributed by atoms with Gasteiger partial charge in [0.05, 0.1) is 0 Å². The van der Waals surface area contributed by atoms with E-state index in [1.807, 2.05) is 0 Å². The molecule has 0 N–H and O–H groups in total. The summed E-state index contributed by atoms with van der Waals surface area (Å²) in [5.41, 5.74) is 3.81. The number of hydrogen-bond acceptors (Lipinski definition) is 0. The second-order valence-corrected chi connectivity index (χ2v) is 11.0. The molecule has 0 aromatic heterocycles. The smallest absolute Gasteiger partial charge is 0.00316 e. The molecule has 0 nitrogen and oxygen atoms in total. The van der Waals surface area contributed by atoms with Gasteiger partial charge in [-0.15, -0.1) is 0 Å². The highest BCUT2D eigenvalue weighted by Gasteiger charge is 3.39. The lowest BCUT2D eigenvalue weighted by Crippen LogP contribution is -2.16. The normalized spacial score (nSPS) is 51.2. The van der Waals surface area contributed by atoms with Crippen LogP contribution in [-0.2, 0) is 0 Å². The minimum atomic E-state index is 0.442. The van der Waals surface area contributed by atoms with E-state index < -0.39 is 0 Å². The highest BCUT2D eigenvalue weighted by Crippen LogP contribution is 3.40. The summed E-state index contributed by atoms with van der Waals surface area (Å²) in [7, 11) is 0. The van der Waals surface area contributed by atoms with E-state index >= 15 is 0 Å². The largest absolute Gasteiger partial charge is 0.0622 e. The molecule has 0 spiro atoms. The second kappa shape index (κ2) is 2.57. The van der Waals surface area contributed by atoms with Gasteiger partial charge in [0.2, 0.25) is 0 Å². The number of rotatable bonds is 1. The first-order valence-electron chi connectivity index (χ1n) is 8.19. The standard InChI is InChI=1S/C19H34/c1-12(2)16-17(13(3,4)5)18(16,14(6,7)8)19(16,17)15(9,10)11/h12H,1-11H3. The number of hydrogen-bond donors (Lipinski definition) is 0. The topological polar surface area (TPSA) is 0 Å². The van der Waals surface area contributed by atoms with E-state index in [1.165, 1.54) is 0 Å². The molecule has 4 saturated carbocycles. The van der Waals surface area contributed by atoms with Crippen LogP contribution in [0, 0.1) is 43.8 Å². The van der Waals surface area contributed by atoms with Crippen LogP contribution in [0.25, 0.3) is 0 Å². The first kappa shape index (κ1) is 14.0. The van der Waals surface area contributed by atoms with E-state index in [1.54, 1.807) is 0 Å². The molecular formula is C19H34. The molecule has 110 valence electrons. The summed E-state index contributed by atoms with van der Waals surface area (Å²) in [4.78, 5) is 0. The molecule has 0 unspecified atom stereocenters. The van der Waals surface area contributed by atoms with Gasteiger partial charge in [-0.3, -0.25) is 0 Å². The van der Waals surface area contributed by atoms with Gasteiger partial charge >= 0.3 is 0 Å². The van der Waals surface area contributed by atoms with Crippen LogP contribution in [0.4, 0.5) is 0 Å². The molecule has 4 rings (SSSR count). The molecule has 0 amide bonds. The molecule has 0 aliphatic heterocycles. The Kier molecular flexibility index (Phi) is 1.89. The van der Waals surface area contributed by atoms with Crippen LogP contribution in [0.1, 0.15) is 76.2 Å². The fourth-order valence-corrected chi connectivity index (χ4v) is 8.58. The minimum Gasteiger partial charge on any atom is -0.0622 e. The van der Waals surface area contributed by atoms with Gasteiger partial charge < -0.3 is 0 Å². The highest BCUT2D eigenvalue weighted by molar-refractivity contribution is 5.83. The van der Waals surface area contributed by atoms with Crippen LogP contribution in [0.2, 0.25) is 0 Å². The first-order chi connectivity index (χ1) is 8.19. The van der Waals surface area contributed by atoms with Crippen LogP contribution < -0.4 is 0 Å². The SMILES string of the molecule is CC(C)C12C3(C(C)(C)C)C1(C(C)(C)C)C23C(C)(C)C. The van der Waals surface area contributed by atoms with Crippen molar-refractivity contribution in [1.29, 1.82) is 0 Å².